The highest BCUT2D eigenvalue weighted by Crippen LogP contribution is 2.42. The predicted molar refractivity (Wildman–Crippen MR) is 238 cm³/mol. The van der Waals surface area contributed by atoms with Crippen molar-refractivity contribution < 1.29 is 0 Å². The first-order valence-electron chi connectivity index (χ1n) is 19.5. The van der Waals surface area contributed by atoms with E-state index in [1.54, 1.807) is 0 Å². The second-order valence-electron chi connectivity index (χ2n) is 14.6. The van der Waals surface area contributed by atoms with Gasteiger partial charge in [0.15, 0.2) is 0 Å². The molecule has 0 fully saturated rings. The van der Waals surface area contributed by atoms with Crippen molar-refractivity contribution >= 4 is 55.0 Å². The van der Waals surface area contributed by atoms with Crippen LogP contribution in [0.25, 0.3) is 77.2 Å². The van der Waals surface area contributed by atoms with Crippen LogP contribution in [0, 0.1) is 0 Å². The molecule has 0 amide bonds. The number of para-hydroxylation sites is 2. The highest BCUT2D eigenvalue weighted by molar-refractivity contribution is 6.16. The molecule has 0 radical (unpaired) electrons. The maximum atomic E-state index is 5.54. The number of aromatic nitrogens is 2. The van der Waals surface area contributed by atoms with E-state index in [0.717, 1.165) is 72.6 Å². The molecule has 8 aromatic carbocycles. The minimum atomic E-state index is -0.331. The Kier molecular flexibility index (Phi) is 7.85. The fraction of sp³-hybridized carbons (Fsp3) is 0.0189. The fourth-order valence-electron chi connectivity index (χ4n) is 8.56. The van der Waals surface area contributed by atoms with Crippen molar-refractivity contribution in [1.29, 1.82) is 0 Å². The van der Waals surface area contributed by atoms with E-state index in [1.165, 1.54) is 27.2 Å². The molecule has 2 aromatic heterocycles. The van der Waals surface area contributed by atoms with Crippen molar-refractivity contribution in [2.75, 3.05) is 0 Å². The van der Waals surface area contributed by atoms with Gasteiger partial charge < -0.3 is 9.88 Å². The summed E-state index contributed by atoms with van der Waals surface area (Å²) in [4.78, 5) is 11.0. The van der Waals surface area contributed by atoms with Crippen LogP contribution in [0.4, 0.5) is 0 Å². The molecule has 3 heterocycles. The van der Waals surface area contributed by atoms with Crippen LogP contribution in [0.3, 0.4) is 0 Å². The van der Waals surface area contributed by atoms with Gasteiger partial charge in [-0.15, -0.1) is 0 Å². The Balaban J connectivity index is 1.16. The zero-order valence-electron chi connectivity index (χ0n) is 31.0. The van der Waals surface area contributed by atoms with E-state index in [1.807, 2.05) is 6.07 Å². The summed E-state index contributed by atoms with van der Waals surface area (Å²) >= 11 is 0. The molecule has 268 valence electrons. The summed E-state index contributed by atoms with van der Waals surface area (Å²) in [5, 5.41) is 9.72. The molecule has 0 spiro atoms. The van der Waals surface area contributed by atoms with Gasteiger partial charge in [0.1, 0.15) is 5.84 Å². The third-order valence-electron chi connectivity index (χ3n) is 11.2. The third-order valence-corrected chi connectivity index (χ3v) is 11.2. The second-order valence-corrected chi connectivity index (χ2v) is 14.6. The predicted octanol–water partition coefficient (Wildman–Crippen LogP) is 13.0. The Hall–Kier alpha value is -7.56. The Bertz CT molecular complexity index is 3140. The van der Waals surface area contributed by atoms with Gasteiger partial charge in [0.05, 0.1) is 28.3 Å². The molecule has 0 aliphatic carbocycles. The zero-order chi connectivity index (χ0) is 37.7. The number of pyridine rings is 1. The first kappa shape index (κ1) is 32.8. The molecular formula is C53H36N4. The van der Waals surface area contributed by atoms with Crippen molar-refractivity contribution in [1.82, 2.24) is 14.9 Å². The van der Waals surface area contributed by atoms with Gasteiger partial charge in [0.2, 0.25) is 0 Å². The molecule has 10 aromatic rings. The van der Waals surface area contributed by atoms with Gasteiger partial charge in [-0.2, -0.15) is 0 Å². The van der Waals surface area contributed by atoms with Crippen molar-refractivity contribution in [3.63, 3.8) is 0 Å². The average molecular weight is 729 g/mol. The van der Waals surface area contributed by atoms with Crippen LogP contribution in [0.1, 0.15) is 22.7 Å². The van der Waals surface area contributed by atoms with E-state index in [0.29, 0.717) is 0 Å². The SMILES string of the molecule is C1=C(c2cccc(-n3c4ccccc4c4ccccc43)c2)NC(c2ccccc2)=NC1c1cc2ccccc2c2c(-c3ccccc3)cc(-c3ccccc3)nc12. The average Bonchev–Trinajstić information content (AvgIpc) is 3.63. The summed E-state index contributed by atoms with van der Waals surface area (Å²) in [7, 11) is 0. The summed E-state index contributed by atoms with van der Waals surface area (Å²) in [5.41, 5.74) is 12.9. The van der Waals surface area contributed by atoms with Crippen LogP contribution in [-0.2, 0) is 0 Å². The van der Waals surface area contributed by atoms with Crippen molar-refractivity contribution in [2.24, 2.45) is 4.99 Å². The topological polar surface area (TPSA) is 42.2 Å². The van der Waals surface area contributed by atoms with Gasteiger partial charge in [-0.25, -0.2) is 4.98 Å². The van der Waals surface area contributed by atoms with Gasteiger partial charge in [-0.3, -0.25) is 4.99 Å². The van der Waals surface area contributed by atoms with Crippen LogP contribution >= 0.6 is 0 Å². The Morgan fingerprint density at radius 3 is 1.75 bits per heavy atom. The number of benzene rings is 8. The lowest BCUT2D eigenvalue weighted by Gasteiger charge is -2.25. The Morgan fingerprint density at radius 1 is 0.474 bits per heavy atom. The largest absolute Gasteiger partial charge is 0.340 e. The third kappa shape index (κ3) is 5.70. The molecule has 1 N–H and O–H groups in total. The van der Waals surface area contributed by atoms with Crippen molar-refractivity contribution in [3.8, 4) is 28.1 Å². The van der Waals surface area contributed by atoms with E-state index in [-0.39, 0.29) is 6.04 Å². The number of nitrogens with one attached hydrogen (secondary N) is 1. The van der Waals surface area contributed by atoms with Crippen molar-refractivity contribution in [2.45, 2.75) is 6.04 Å². The quantitative estimate of drug-likeness (QED) is 0.173. The standard InChI is InChI=1S/C53H36N4/c1-4-17-35(18-5-1)44-33-46(36-19-6-2-7-20-36)54-52-45(32-38-23-10-11-26-41(38)51(44)52)48-34-47(55-53(56-48)37-21-8-3-9-22-37)39-24-16-25-40(31-39)57-49-29-14-12-27-42(49)43-28-13-15-30-50(43)57/h1-34,48H,(H,55,56). The maximum absolute atomic E-state index is 5.54. The first-order valence-corrected chi connectivity index (χ1v) is 19.5. The molecular weight excluding hydrogens is 693 g/mol. The van der Waals surface area contributed by atoms with Gasteiger partial charge in [-0.05, 0) is 69.9 Å². The van der Waals surface area contributed by atoms with Gasteiger partial charge in [0.25, 0.3) is 0 Å². The molecule has 1 atom stereocenters. The highest BCUT2D eigenvalue weighted by atomic mass is 15.0. The maximum Gasteiger partial charge on any atom is 0.133 e. The van der Waals surface area contributed by atoms with E-state index in [9.17, 15) is 0 Å². The number of nitrogens with zero attached hydrogens (tertiary/aromatic N) is 3. The van der Waals surface area contributed by atoms with Crippen LogP contribution in [0.5, 0.6) is 0 Å². The van der Waals surface area contributed by atoms with Crippen LogP contribution in [0.2, 0.25) is 0 Å². The molecule has 0 saturated carbocycles. The summed E-state index contributed by atoms with van der Waals surface area (Å²) in [6.45, 7) is 0. The summed E-state index contributed by atoms with van der Waals surface area (Å²) in [6, 6.07) is 70.7. The number of hydrogen-bond donors (Lipinski definition) is 1. The van der Waals surface area contributed by atoms with E-state index in [4.69, 9.17) is 9.98 Å². The van der Waals surface area contributed by atoms with E-state index in [2.05, 4.69) is 210 Å². The molecule has 4 nitrogen and oxygen atoms in total. The zero-order valence-corrected chi connectivity index (χ0v) is 31.0. The molecule has 4 heteroatoms. The lowest BCUT2D eigenvalue weighted by molar-refractivity contribution is 0.887. The lowest BCUT2D eigenvalue weighted by Crippen LogP contribution is -2.27. The molecule has 1 aliphatic rings. The van der Waals surface area contributed by atoms with Gasteiger partial charge in [0, 0.05) is 44.2 Å². The van der Waals surface area contributed by atoms with Crippen LogP contribution < -0.4 is 5.32 Å². The molecule has 0 saturated heterocycles. The minimum absolute atomic E-state index is 0.331. The van der Waals surface area contributed by atoms with Gasteiger partial charge in [-0.1, -0.05) is 164 Å². The van der Waals surface area contributed by atoms with Crippen molar-refractivity contribution in [3.05, 3.63) is 223 Å². The number of rotatable bonds is 6. The highest BCUT2D eigenvalue weighted by Gasteiger charge is 2.25. The number of hydrogen-bond acceptors (Lipinski definition) is 3. The molecule has 0 bridgehead atoms. The first-order chi connectivity index (χ1) is 28.3. The number of aliphatic imine (C=N–C) groups is 1. The molecule has 1 unspecified atom stereocenters. The lowest BCUT2D eigenvalue weighted by atomic mass is 9.90. The van der Waals surface area contributed by atoms with Gasteiger partial charge >= 0.3 is 0 Å². The fourth-order valence-corrected chi connectivity index (χ4v) is 8.56. The second kappa shape index (κ2) is 13.6. The molecule has 11 rings (SSSR count). The van der Waals surface area contributed by atoms with E-state index < -0.39 is 0 Å². The summed E-state index contributed by atoms with van der Waals surface area (Å²) < 4.78 is 2.37. The number of fused-ring (bicyclic) bond motifs is 6. The minimum Gasteiger partial charge on any atom is -0.340 e. The molecule has 1 aliphatic heterocycles. The van der Waals surface area contributed by atoms with Crippen LogP contribution in [-0.4, -0.2) is 15.4 Å². The summed E-state index contributed by atoms with van der Waals surface area (Å²) in [5.74, 6) is 0.823. The Labute approximate surface area is 330 Å². The van der Waals surface area contributed by atoms with Crippen LogP contribution in [0.15, 0.2) is 211 Å². The number of amidine groups is 1. The smallest absolute Gasteiger partial charge is 0.133 e. The Morgan fingerprint density at radius 2 is 1.05 bits per heavy atom. The molecule has 57 heavy (non-hydrogen) atoms. The summed E-state index contributed by atoms with van der Waals surface area (Å²) in [6.07, 6.45) is 2.28. The normalized spacial score (nSPS) is 14.1. The monoisotopic (exact) mass is 728 g/mol. The van der Waals surface area contributed by atoms with E-state index >= 15 is 0 Å².